The van der Waals surface area contributed by atoms with Crippen molar-refractivity contribution in [1.29, 1.82) is 0 Å². The van der Waals surface area contributed by atoms with Crippen LogP contribution in [0, 0.1) is 6.92 Å². The molecule has 0 unspecified atom stereocenters. The first-order valence-corrected chi connectivity index (χ1v) is 8.69. The van der Waals surface area contributed by atoms with E-state index in [2.05, 4.69) is 5.32 Å². The Balaban J connectivity index is 1.84. The number of nitrogens with one attached hydrogen (secondary N) is 1. The fraction of sp³-hybridized carbons (Fsp3) is 0.333. The first-order valence-electron chi connectivity index (χ1n) is 8.69. The molecule has 138 valence electrons. The van der Waals surface area contributed by atoms with E-state index in [0.717, 1.165) is 22.4 Å². The average Bonchev–Trinajstić information content (AvgIpc) is 2.64. The third-order valence-corrected chi connectivity index (χ3v) is 4.32. The molecule has 2 rings (SSSR count). The third-order valence-electron chi connectivity index (χ3n) is 4.32. The maximum absolute atomic E-state index is 12.1. The number of rotatable bonds is 8. The number of aryl methyl sites for hydroxylation is 1. The van der Waals surface area contributed by atoms with Gasteiger partial charge in [-0.05, 0) is 35.7 Å². The molecule has 0 saturated heterocycles. The molecule has 0 saturated carbocycles. The summed E-state index contributed by atoms with van der Waals surface area (Å²) in [7, 11) is 1.62. The van der Waals surface area contributed by atoms with Gasteiger partial charge in [-0.2, -0.15) is 0 Å². The lowest BCUT2D eigenvalue weighted by atomic mass is 10.1. The predicted molar refractivity (Wildman–Crippen MR) is 102 cm³/mol. The van der Waals surface area contributed by atoms with Crippen molar-refractivity contribution in [2.75, 3.05) is 13.7 Å². The molecule has 26 heavy (non-hydrogen) atoms. The largest absolute Gasteiger partial charge is 0.497 e. The molecule has 2 amide bonds. The van der Waals surface area contributed by atoms with Gasteiger partial charge in [0.15, 0.2) is 0 Å². The molecule has 0 heterocycles. The number of methoxy groups -OCH3 is 1. The first-order chi connectivity index (χ1) is 12.5. The molecule has 0 bridgehead atoms. The summed E-state index contributed by atoms with van der Waals surface area (Å²) >= 11 is 0. The van der Waals surface area contributed by atoms with Gasteiger partial charge in [-0.15, -0.1) is 0 Å². The molecular weight excluding hydrogens is 328 g/mol. The van der Waals surface area contributed by atoms with Crippen LogP contribution in [0.1, 0.15) is 30.0 Å². The quantitative estimate of drug-likeness (QED) is 0.793. The summed E-state index contributed by atoms with van der Waals surface area (Å²) in [4.78, 5) is 25.7. The van der Waals surface area contributed by atoms with E-state index in [9.17, 15) is 9.59 Å². The Bertz CT molecular complexity index is 741. The fourth-order valence-corrected chi connectivity index (χ4v) is 2.63. The molecule has 0 aromatic heterocycles. The number of ether oxygens (including phenoxy) is 1. The van der Waals surface area contributed by atoms with E-state index in [1.165, 1.54) is 6.92 Å². The highest BCUT2D eigenvalue weighted by Crippen LogP contribution is 2.13. The Morgan fingerprint density at radius 3 is 2.38 bits per heavy atom. The summed E-state index contributed by atoms with van der Waals surface area (Å²) in [6.07, 6.45) is 0.279. The predicted octanol–water partition coefficient (Wildman–Crippen LogP) is 3.06. The summed E-state index contributed by atoms with van der Waals surface area (Å²) < 4.78 is 5.14. The van der Waals surface area contributed by atoms with Crippen molar-refractivity contribution in [3.63, 3.8) is 0 Å². The summed E-state index contributed by atoms with van der Waals surface area (Å²) in [5.41, 5.74) is 3.25. The molecule has 0 aliphatic rings. The van der Waals surface area contributed by atoms with Crippen LogP contribution in [0.4, 0.5) is 0 Å². The second kappa shape index (κ2) is 9.61. The Kier molecular flexibility index (Phi) is 7.21. The molecule has 0 atom stereocenters. The zero-order valence-corrected chi connectivity index (χ0v) is 15.6. The summed E-state index contributed by atoms with van der Waals surface area (Å²) in [6, 6.07) is 15.5. The minimum absolute atomic E-state index is 0.0486. The van der Waals surface area contributed by atoms with Crippen LogP contribution < -0.4 is 10.1 Å². The number of hydrogen-bond acceptors (Lipinski definition) is 3. The van der Waals surface area contributed by atoms with Crippen LogP contribution in [-0.2, 0) is 22.7 Å². The lowest BCUT2D eigenvalue weighted by Gasteiger charge is -2.21. The lowest BCUT2D eigenvalue weighted by Crippen LogP contribution is -2.33. The van der Waals surface area contributed by atoms with Crippen LogP contribution in [0.5, 0.6) is 5.75 Å². The van der Waals surface area contributed by atoms with E-state index < -0.39 is 0 Å². The zero-order chi connectivity index (χ0) is 18.9. The van der Waals surface area contributed by atoms with Gasteiger partial charge in [-0.3, -0.25) is 9.59 Å². The van der Waals surface area contributed by atoms with Crippen molar-refractivity contribution < 1.29 is 14.3 Å². The Labute approximate surface area is 155 Å². The number of amides is 2. The number of benzene rings is 2. The third kappa shape index (κ3) is 5.92. The van der Waals surface area contributed by atoms with Crippen molar-refractivity contribution in [3.8, 4) is 5.75 Å². The topological polar surface area (TPSA) is 58.6 Å². The van der Waals surface area contributed by atoms with Gasteiger partial charge in [0.2, 0.25) is 11.8 Å². The van der Waals surface area contributed by atoms with Gasteiger partial charge >= 0.3 is 0 Å². The molecular formula is C21H26N2O3. The molecule has 2 aromatic carbocycles. The van der Waals surface area contributed by atoms with Crippen molar-refractivity contribution >= 4 is 11.8 Å². The van der Waals surface area contributed by atoms with Crippen LogP contribution in [0.2, 0.25) is 0 Å². The molecule has 1 N–H and O–H groups in total. The highest BCUT2D eigenvalue weighted by atomic mass is 16.5. The van der Waals surface area contributed by atoms with Crippen molar-refractivity contribution in [1.82, 2.24) is 10.2 Å². The van der Waals surface area contributed by atoms with Crippen LogP contribution in [0.25, 0.3) is 0 Å². The second-order valence-corrected chi connectivity index (χ2v) is 6.24. The molecule has 5 nitrogen and oxygen atoms in total. The van der Waals surface area contributed by atoms with Gasteiger partial charge in [-0.1, -0.05) is 36.4 Å². The maximum Gasteiger partial charge on any atom is 0.222 e. The molecule has 0 spiro atoms. The molecule has 5 heteroatoms. The lowest BCUT2D eigenvalue weighted by molar-refractivity contribution is -0.130. The van der Waals surface area contributed by atoms with Gasteiger partial charge in [0.05, 0.1) is 7.11 Å². The zero-order valence-electron chi connectivity index (χ0n) is 15.6. The van der Waals surface area contributed by atoms with Gasteiger partial charge in [0, 0.05) is 33.0 Å². The van der Waals surface area contributed by atoms with Crippen molar-refractivity contribution in [3.05, 3.63) is 65.2 Å². The van der Waals surface area contributed by atoms with Gasteiger partial charge < -0.3 is 15.0 Å². The SMILES string of the molecule is COc1ccc(CN(CCC(=O)NCc2ccccc2C)C(C)=O)cc1. The van der Waals surface area contributed by atoms with Crippen LogP contribution in [0.15, 0.2) is 48.5 Å². The van der Waals surface area contributed by atoms with E-state index in [1.54, 1.807) is 12.0 Å². The van der Waals surface area contributed by atoms with E-state index in [1.807, 2.05) is 55.5 Å². The van der Waals surface area contributed by atoms with Gasteiger partial charge in [-0.25, -0.2) is 0 Å². The Hall–Kier alpha value is -2.82. The minimum atomic E-state index is -0.0609. The average molecular weight is 354 g/mol. The van der Waals surface area contributed by atoms with E-state index in [-0.39, 0.29) is 18.2 Å². The first kappa shape index (κ1) is 19.5. The minimum Gasteiger partial charge on any atom is -0.497 e. The van der Waals surface area contributed by atoms with E-state index in [0.29, 0.717) is 19.6 Å². The van der Waals surface area contributed by atoms with Crippen LogP contribution in [-0.4, -0.2) is 30.4 Å². The molecule has 0 radical (unpaired) electrons. The number of carbonyl (C=O) groups excluding carboxylic acids is 2. The Morgan fingerprint density at radius 2 is 1.77 bits per heavy atom. The summed E-state index contributed by atoms with van der Waals surface area (Å²) in [5.74, 6) is 0.667. The number of hydrogen-bond donors (Lipinski definition) is 1. The molecule has 0 fully saturated rings. The van der Waals surface area contributed by atoms with Crippen LogP contribution in [0.3, 0.4) is 0 Å². The molecule has 0 aliphatic carbocycles. The number of carbonyl (C=O) groups is 2. The van der Waals surface area contributed by atoms with Gasteiger partial charge in [0.1, 0.15) is 5.75 Å². The molecule has 0 aliphatic heterocycles. The smallest absolute Gasteiger partial charge is 0.222 e. The maximum atomic E-state index is 12.1. The highest BCUT2D eigenvalue weighted by molar-refractivity contribution is 5.78. The second-order valence-electron chi connectivity index (χ2n) is 6.24. The van der Waals surface area contributed by atoms with E-state index >= 15 is 0 Å². The highest BCUT2D eigenvalue weighted by Gasteiger charge is 2.12. The summed E-state index contributed by atoms with van der Waals surface area (Å²) in [6.45, 7) is 4.91. The number of nitrogens with zero attached hydrogens (tertiary/aromatic N) is 1. The standard InChI is InChI=1S/C21H26N2O3/c1-16-6-4-5-7-19(16)14-22-21(25)12-13-23(17(2)24)15-18-8-10-20(26-3)11-9-18/h4-11H,12-15H2,1-3H3,(H,22,25). The van der Waals surface area contributed by atoms with Crippen molar-refractivity contribution in [2.24, 2.45) is 0 Å². The summed E-state index contributed by atoms with van der Waals surface area (Å²) in [5, 5.41) is 2.92. The van der Waals surface area contributed by atoms with Crippen LogP contribution >= 0.6 is 0 Å². The molecule has 2 aromatic rings. The Morgan fingerprint density at radius 1 is 1.08 bits per heavy atom. The van der Waals surface area contributed by atoms with E-state index in [4.69, 9.17) is 4.74 Å². The fourth-order valence-electron chi connectivity index (χ4n) is 2.63. The van der Waals surface area contributed by atoms with Crippen molar-refractivity contribution in [2.45, 2.75) is 33.4 Å². The monoisotopic (exact) mass is 354 g/mol. The normalized spacial score (nSPS) is 10.3. The van der Waals surface area contributed by atoms with Gasteiger partial charge in [0.25, 0.3) is 0 Å².